The second-order valence-corrected chi connectivity index (χ2v) is 5.91. The van der Waals surface area contributed by atoms with Gasteiger partial charge in [-0.1, -0.05) is 18.2 Å². The molecule has 0 aromatic heterocycles. The Kier molecular flexibility index (Phi) is 6.49. The van der Waals surface area contributed by atoms with Crippen LogP contribution in [0, 0.1) is 0 Å². The predicted molar refractivity (Wildman–Crippen MR) is 99.3 cm³/mol. The fourth-order valence-corrected chi connectivity index (χ4v) is 2.86. The molecule has 1 atom stereocenters. The van der Waals surface area contributed by atoms with E-state index >= 15 is 0 Å². The van der Waals surface area contributed by atoms with Crippen molar-refractivity contribution in [3.8, 4) is 5.75 Å². The van der Waals surface area contributed by atoms with Crippen molar-refractivity contribution < 1.29 is 14.6 Å². The summed E-state index contributed by atoms with van der Waals surface area (Å²) in [5.41, 5.74) is 6.29. The number of nitrogens with zero attached hydrogens (tertiary/aromatic N) is 1. The van der Waals surface area contributed by atoms with Gasteiger partial charge in [-0.3, -0.25) is 4.99 Å². The van der Waals surface area contributed by atoms with Gasteiger partial charge >= 0.3 is 0 Å². The summed E-state index contributed by atoms with van der Waals surface area (Å²) in [7, 11) is 0. The minimum atomic E-state index is -0.794. The standard InChI is InChI=1S/C16H23N3O3.HI/c17-15(18-11-16(20)6-9-21-10-7-16)19-13-5-8-22-14-4-2-1-3-12(13)14;/h1-4,13,20H,5-11H2,(H3,17,18,19);1H. The third-order valence-corrected chi connectivity index (χ3v) is 4.25. The zero-order chi connectivity index (χ0) is 15.4. The number of hydrogen-bond acceptors (Lipinski definition) is 4. The van der Waals surface area contributed by atoms with Crippen LogP contribution in [0.5, 0.6) is 5.75 Å². The number of fused-ring (bicyclic) bond motifs is 1. The molecule has 4 N–H and O–H groups in total. The quantitative estimate of drug-likeness (QED) is 0.383. The molecule has 2 aliphatic rings. The Balaban J connectivity index is 0.00000192. The molecule has 0 radical (unpaired) electrons. The van der Waals surface area contributed by atoms with Gasteiger partial charge in [-0.25, -0.2) is 0 Å². The van der Waals surface area contributed by atoms with Crippen molar-refractivity contribution >= 4 is 29.9 Å². The van der Waals surface area contributed by atoms with Crippen LogP contribution in [0.4, 0.5) is 0 Å². The number of ether oxygens (including phenoxy) is 2. The molecule has 3 rings (SSSR count). The lowest BCUT2D eigenvalue weighted by Gasteiger charge is -2.31. The van der Waals surface area contributed by atoms with Crippen LogP contribution >= 0.6 is 24.0 Å². The van der Waals surface area contributed by atoms with Crippen molar-refractivity contribution in [1.29, 1.82) is 0 Å². The van der Waals surface area contributed by atoms with E-state index in [1.54, 1.807) is 0 Å². The number of aliphatic hydroxyl groups is 1. The minimum Gasteiger partial charge on any atom is -0.493 e. The molecule has 2 aliphatic heterocycles. The van der Waals surface area contributed by atoms with E-state index < -0.39 is 5.60 Å². The first-order chi connectivity index (χ1) is 10.7. The third kappa shape index (κ3) is 4.71. The van der Waals surface area contributed by atoms with Crippen LogP contribution in [0.2, 0.25) is 0 Å². The van der Waals surface area contributed by atoms with E-state index in [9.17, 15) is 5.11 Å². The van der Waals surface area contributed by atoms with Crippen molar-refractivity contribution in [2.24, 2.45) is 10.7 Å². The average molecular weight is 433 g/mol. The van der Waals surface area contributed by atoms with Gasteiger partial charge in [0.15, 0.2) is 5.96 Å². The van der Waals surface area contributed by atoms with Gasteiger partial charge < -0.3 is 25.6 Å². The van der Waals surface area contributed by atoms with E-state index in [0.29, 0.717) is 45.2 Å². The van der Waals surface area contributed by atoms with E-state index in [1.165, 1.54) is 0 Å². The zero-order valence-electron chi connectivity index (χ0n) is 13.0. The molecule has 0 amide bonds. The van der Waals surface area contributed by atoms with Crippen LogP contribution in [0.3, 0.4) is 0 Å². The van der Waals surface area contributed by atoms with Crippen molar-refractivity contribution in [2.75, 3.05) is 26.4 Å². The molecule has 0 bridgehead atoms. The number of halogens is 1. The molecule has 0 aliphatic carbocycles. The molecule has 128 valence electrons. The first kappa shape index (κ1) is 18.3. The normalized spacial score (nSPS) is 23.2. The summed E-state index contributed by atoms with van der Waals surface area (Å²) < 4.78 is 10.9. The molecule has 1 unspecified atom stereocenters. The van der Waals surface area contributed by atoms with Crippen molar-refractivity contribution in [3.63, 3.8) is 0 Å². The Morgan fingerprint density at radius 1 is 1.30 bits per heavy atom. The monoisotopic (exact) mass is 433 g/mol. The largest absolute Gasteiger partial charge is 0.493 e. The van der Waals surface area contributed by atoms with Crippen molar-refractivity contribution in [2.45, 2.75) is 30.9 Å². The molecule has 7 heteroatoms. The fourth-order valence-electron chi connectivity index (χ4n) is 2.86. The maximum atomic E-state index is 10.4. The Labute approximate surface area is 153 Å². The summed E-state index contributed by atoms with van der Waals surface area (Å²) in [4.78, 5) is 4.32. The fraction of sp³-hybridized carbons (Fsp3) is 0.562. The van der Waals surface area contributed by atoms with Crippen LogP contribution in [0.1, 0.15) is 30.9 Å². The molecule has 1 saturated heterocycles. The minimum absolute atomic E-state index is 0. The maximum absolute atomic E-state index is 10.4. The molecule has 1 aromatic carbocycles. The Morgan fingerprint density at radius 2 is 2.04 bits per heavy atom. The predicted octanol–water partition coefficient (Wildman–Crippen LogP) is 1.57. The lowest BCUT2D eigenvalue weighted by Crippen LogP contribution is -2.42. The Morgan fingerprint density at radius 3 is 2.83 bits per heavy atom. The highest BCUT2D eigenvalue weighted by Crippen LogP contribution is 2.31. The number of aliphatic imine (C=N–C) groups is 1. The topological polar surface area (TPSA) is 89.1 Å². The maximum Gasteiger partial charge on any atom is 0.189 e. The number of rotatable bonds is 3. The summed E-state index contributed by atoms with van der Waals surface area (Å²) >= 11 is 0. The SMILES string of the molecule is I.NC(=NCC1(O)CCOCC1)NC1CCOc2ccccc21. The van der Waals surface area contributed by atoms with E-state index in [0.717, 1.165) is 17.7 Å². The van der Waals surface area contributed by atoms with Gasteiger partial charge in [0, 0.05) is 38.0 Å². The highest BCUT2D eigenvalue weighted by atomic mass is 127. The van der Waals surface area contributed by atoms with Crippen LogP contribution < -0.4 is 15.8 Å². The third-order valence-electron chi connectivity index (χ3n) is 4.25. The van der Waals surface area contributed by atoms with Crippen LogP contribution in [0.15, 0.2) is 29.3 Å². The number of guanidine groups is 1. The van der Waals surface area contributed by atoms with Gasteiger partial charge in [-0.05, 0) is 6.07 Å². The molecule has 23 heavy (non-hydrogen) atoms. The van der Waals surface area contributed by atoms with E-state index in [2.05, 4.69) is 10.3 Å². The molecular formula is C16H24IN3O3. The summed E-state index contributed by atoms with van der Waals surface area (Å²) in [6.45, 7) is 2.11. The van der Waals surface area contributed by atoms with Crippen molar-refractivity contribution in [3.05, 3.63) is 29.8 Å². The first-order valence-corrected chi connectivity index (χ1v) is 7.75. The van der Waals surface area contributed by atoms with Gasteiger partial charge in [0.05, 0.1) is 24.8 Å². The number of para-hydroxylation sites is 1. The van der Waals surface area contributed by atoms with E-state index in [1.807, 2.05) is 24.3 Å². The first-order valence-electron chi connectivity index (χ1n) is 7.75. The van der Waals surface area contributed by atoms with Crippen LogP contribution in [-0.4, -0.2) is 43.0 Å². The van der Waals surface area contributed by atoms with E-state index in [4.69, 9.17) is 15.2 Å². The zero-order valence-corrected chi connectivity index (χ0v) is 15.4. The van der Waals surface area contributed by atoms with Gasteiger partial charge in [0.2, 0.25) is 0 Å². The van der Waals surface area contributed by atoms with Gasteiger partial charge in [-0.2, -0.15) is 0 Å². The average Bonchev–Trinajstić information content (AvgIpc) is 2.54. The summed E-state index contributed by atoms with van der Waals surface area (Å²) in [6, 6.07) is 8.03. The molecule has 2 heterocycles. The molecule has 1 fully saturated rings. The highest BCUT2D eigenvalue weighted by Gasteiger charge is 2.29. The summed E-state index contributed by atoms with van der Waals surface area (Å²) in [5, 5.41) is 13.6. The van der Waals surface area contributed by atoms with Crippen LogP contribution in [0.25, 0.3) is 0 Å². The second-order valence-electron chi connectivity index (χ2n) is 5.91. The molecule has 6 nitrogen and oxygen atoms in total. The van der Waals surface area contributed by atoms with Gasteiger partial charge in [0.1, 0.15) is 5.75 Å². The van der Waals surface area contributed by atoms with Crippen molar-refractivity contribution in [1.82, 2.24) is 5.32 Å². The number of hydrogen-bond donors (Lipinski definition) is 3. The van der Waals surface area contributed by atoms with Crippen LogP contribution in [-0.2, 0) is 4.74 Å². The Hall–Kier alpha value is -1.06. The van der Waals surface area contributed by atoms with Gasteiger partial charge in [-0.15, -0.1) is 24.0 Å². The lowest BCUT2D eigenvalue weighted by atomic mass is 9.95. The second kappa shape index (κ2) is 8.16. The lowest BCUT2D eigenvalue weighted by molar-refractivity contribution is -0.0565. The molecular weight excluding hydrogens is 409 g/mol. The molecule has 0 spiro atoms. The molecule has 0 saturated carbocycles. The number of nitrogens with one attached hydrogen (secondary N) is 1. The summed E-state index contributed by atoms with van der Waals surface area (Å²) in [6.07, 6.45) is 2.04. The smallest absolute Gasteiger partial charge is 0.189 e. The van der Waals surface area contributed by atoms with Gasteiger partial charge in [0.25, 0.3) is 0 Å². The number of benzene rings is 1. The number of nitrogens with two attached hydrogens (primary N) is 1. The molecule has 1 aromatic rings. The Bertz CT molecular complexity index is 547. The summed E-state index contributed by atoms with van der Waals surface area (Å²) in [5.74, 6) is 1.25. The highest BCUT2D eigenvalue weighted by molar-refractivity contribution is 14.0. The van der Waals surface area contributed by atoms with E-state index in [-0.39, 0.29) is 30.0 Å².